The van der Waals surface area contributed by atoms with E-state index in [4.69, 9.17) is 9.47 Å². The first-order chi connectivity index (χ1) is 15.8. The van der Waals surface area contributed by atoms with Crippen molar-refractivity contribution in [3.63, 3.8) is 0 Å². The first-order valence-electron chi connectivity index (χ1n) is 10.2. The molecule has 3 aromatic heterocycles. The molecule has 0 fully saturated rings. The van der Waals surface area contributed by atoms with Crippen molar-refractivity contribution in [2.75, 3.05) is 0 Å². The molecule has 0 amide bonds. The summed E-state index contributed by atoms with van der Waals surface area (Å²) in [4.78, 5) is 17.7. The van der Waals surface area contributed by atoms with E-state index >= 15 is 0 Å². The molecule has 156 valence electrons. The predicted octanol–water partition coefficient (Wildman–Crippen LogP) is 5.77. The quantitative estimate of drug-likeness (QED) is 0.347. The molecular weight excluding hydrogens is 400 g/mol. The van der Waals surface area contributed by atoms with Crippen molar-refractivity contribution in [2.24, 2.45) is 0 Å². The molecule has 0 radical (unpaired) electrons. The number of rotatable bonds is 6. The van der Waals surface area contributed by atoms with Crippen molar-refractivity contribution < 1.29 is 9.47 Å². The smallest absolute Gasteiger partial charge is 0.181 e. The number of nitrogens with zero attached hydrogens (tertiary/aromatic N) is 4. The van der Waals surface area contributed by atoms with Crippen molar-refractivity contribution in [1.29, 1.82) is 0 Å². The Balaban J connectivity index is 1.48. The molecule has 0 aliphatic heterocycles. The number of ether oxygens (including phenoxy) is 2. The Labute approximate surface area is 185 Å². The molecule has 2 aromatic carbocycles. The lowest BCUT2D eigenvalue weighted by molar-refractivity contribution is 0.306. The molecule has 32 heavy (non-hydrogen) atoms. The molecular formula is C26H20N4O2. The molecule has 0 atom stereocenters. The molecule has 6 heteroatoms. The van der Waals surface area contributed by atoms with Crippen LogP contribution in [0.1, 0.15) is 11.3 Å². The van der Waals surface area contributed by atoms with E-state index in [9.17, 15) is 0 Å². The SMILES string of the molecule is Cc1ccc(Oc2ccnc3ccc(OCc4ccccc4)cc23)c(-c2ncccn2)n1. The summed E-state index contributed by atoms with van der Waals surface area (Å²) in [7, 11) is 0. The van der Waals surface area contributed by atoms with Gasteiger partial charge in [0.05, 0.1) is 5.52 Å². The van der Waals surface area contributed by atoms with Gasteiger partial charge in [0, 0.05) is 29.7 Å². The van der Waals surface area contributed by atoms with Gasteiger partial charge in [-0.15, -0.1) is 0 Å². The third-order valence-electron chi connectivity index (χ3n) is 4.92. The summed E-state index contributed by atoms with van der Waals surface area (Å²) in [6.07, 6.45) is 5.10. The zero-order valence-electron chi connectivity index (χ0n) is 17.5. The molecule has 3 heterocycles. The third-order valence-corrected chi connectivity index (χ3v) is 4.92. The molecule has 0 bridgehead atoms. The van der Waals surface area contributed by atoms with Gasteiger partial charge in [0.25, 0.3) is 0 Å². The highest BCUT2D eigenvalue weighted by Gasteiger charge is 2.14. The Hall–Kier alpha value is -4.32. The van der Waals surface area contributed by atoms with Crippen molar-refractivity contribution >= 4 is 10.9 Å². The number of hydrogen-bond acceptors (Lipinski definition) is 6. The predicted molar refractivity (Wildman–Crippen MR) is 123 cm³/mol. The van der Waals surface area contributed by atoms with Crippen LogP contribution < -0.4 is 9.47 Å². The van der Waals surface area contributed by atoms with Gasteiger partial charge >= 0.3 is 0 Å². The zero-order chi connectivity index (χ0) is 21.8. The largest absolute Gasteiger partial charge is 0.489 e. The highest BCUT2D eigenvalue weighted by molar-refractivity contribution is 5.86. The number of aromatic nitrogens is 4. The van der Waals surface area contributed by atoms with Crippen LogP contribution in [0.4, 0.5) is 0 Å². The summed E-state index contributed by atoms with van der Waals surface area (Å²) in [5.74, 6) is 2.48. The van der Waals surface area contributed by atoms with Gasteiger partial charge in [-0.1, -0.05) is 30.3 Å². The topological polar surface area (TPSA) is 70.0 Å². The maximum Gasteiger partial charge on any atom is 0.181 e. The summed E-state index contributed by atoms with van der Waals surface area (Å²) >= 11 is 0. The van der Waals surface area contributed by atoms with Gasteiger partial charge in [-0.2, -0.15) is 0 Å². The van der Waals surface area contributed by atoms with E-state index in [2.05, 4.69) is 19.9 Å². The lowest BCUT2D eigenvalue weighted by Gasteiger charge is -2.13. The lowest BCUT2D eigenvalue weighted by atomic mass is 10.2. The zero-order valence-corrected chi connectivity index (χ0v) is 17.5. The normalized spacial score (nSPS) is 10.8. The van der Waals surface area contributed by atoms with Crippen LogP contribution in [0.5, 0.6) is 17.2 Å². The van der Waals surface area contributed by atoms with Gasteiger partial charge in [-0.3, -0.25) is 4.98 Å². The molecule has 0 aliphatic carbocycles. The van der Waals surface area contributed by atoms with Crippen molar-refractivity contribution in [1.82, 2.24) is 19.9 Å². The van der Waals surface area contributed by atoms with Crippen molar-refractivity contribution in [3.8, 4) is 28.8 Å². The van der Waals surface area contributed by atoms with Crippen LogP contribution in [0.3, 0.4) is 0 Å². The van der Waals surface area contributed by atoms with E-state index in [1.54, 1.807) is 24.7 Å². The fourth-order valence-electron chi connectivity index (χ4n) is 3.35. The summed E-state index contributed by atoms with van der Waals surface area (Å²) in [6.45, 7) is 2.41. The third kappa shape index (κ3) is 4.25. The Morgan fingerprint density at radius 2 is 1.59 bits per heavy atom. The second-order valence-corrected chi connectivity index (χ2v) is 7.24. The fourth-order valence-corrected chi connectivity index (χ4v) is 3.35. The Kier molecular flexibility index (Phi) is 5.41. The Bertz CT molecular complexity index is 1360. The van der Waals surface area contributed by atoms with Crippen LogP contribution in [0.15, 0.2) is 91.4 Å². The van der Waals surface area contributed by atoms with E-state index in [1.165, 1.54) is 0 Å². The molecule has 0 saturated carbocycles. The number of hydrogen-bond donors (Lipinski definition) is 0. The minimum absolute atomic E-state index is 0.486. The highest BCUT2D eigenvalue weighted by atomic mass is 16.5. The standard InChI is InChI=1S/C26H20N4O2/c1-18-8-11-24(25(30-18)26-28-13-5-14-29-26)32-23-12-15-27-22-10-9-20(16-21(22)23)31-17-19-6-3-2-4-7-19/h2-16H,17H2,1H3. The van der Waals surface area contributed by atoms with E-state index < -0.39 is 0 Å². The van der Waals surface area contributed by atoms with E-state index in [-0.39, 0.29) is 0 Å². The maximum atomic E-state index is 6.31. The lowest BCUT2D eigenvalue weighted by Crippen LogP contribution is -1.98. The first-order valence-corrected chi connectivity index (χ1v) is 10.2. The number of pyridine rings is 2. The molecule has 0 N–H and O–H groups in total. The van der Waals surface area contributed by atoms with Gasteiger partial charge < -0.3 is 9.47 Å². The molecule has 6 nitrogen and oxygen atoms in total. The van der Waals surface area contributed by atoms with Crippen LogP contribution in [0, 0.1) is 6.92 Å². The van der Waals surface area contributed by atoms with Gasteiger partial charge in [-0.25, -0.2) is 15.0 Å². The second kappa shape index (κ2) is 8.81. The van der Waals surface area contributed by atoms with E-state index in [1.807, 2.05) is 73.7 Å². The van der Waals surface area contributed by atoms with E-state index in [0.717, 1.165) is 27.9 Å². The fraction of sp³-hybridized carbons (Fsp3) is 0.0769. The van der Waals surface area contributed by atoms with Crippen molar-refractivity contribution in [3.05, 3.63) is 103 Å². The minimum atomic E-state index is 0.486. The van der Waals surface area contributed by atoms with Crippen LogP contribution in [0.25, 0.3) is 22.4 Å². The highest BCUT2D eigenvalue weighted by Crippen LogP contribution is 2.35. The minimum Gasteiger partial charge on any atom is -0.489 e. The van der Waals surface area contributed by atoms with Gasteiger partial charge in [0.2, 0.25) is 0 Å². The van der Waals surface area contributed by atoms with Gasteiger partial charge in [0.15, 0.2) is 17.3 Å². The van der Waals surface area contributed by atoms with Crippen LogP contribution in [-0.2, 0) is 6.61 Å². The van der Waals surface area contributed by atoms with E-state index in [0.29, 0.717) is 29.6 Å². The van der Waals surface area contributed by atoms with Crippen LogP contribution in [0.2, 0.25) is 0 Å². The average Bonchev–Trinajstić information content (AvgIpc) is 2.85. The summed E-state index contributed by atoms with van der Waals surface area (Å²) in [5, 5.41) is 0.846. The first kappa shape index (κ1) is 19.6. The molecule has 5 aromatic rings. The molecule has 0 saturated heterocycles. The summed E-state index contributed by atoms with van der Waals surface area (Å²) in [6, 6.07) is 23.2. The second-order valence-electron chi connectivity index (χ2n) is 7.24. The molecule has 0 spiro atoms. The number of fused-ring (bicyclic) bond motifs is 1. The number of aryl methyl sites for hydroxylation is 1. The average molecular weight is 420 g/mol. The van der Waals surface area contributed by atoms with Gasteiger partial charge in [-0.05, 0) is 55.0 Å². The molecule has 0 unspecified atom stereocenters. The van der Waals surface area contributed by atoms with Gasteiger partial charge in [0.1, 0.15) is 18.1 Å². The molecule has 5 rings (SSSR count). The van der Waals surface area contributed by atoms with Crippen LogP contribution in [-0.4, -0.2) is 19.9 Å². The monoisotopic (exact) mass is 420 g/mol. The Morgan fingerprint density at radius 3 is 2.44 bits per heavy atom. The maximum absolute atomic E-state index is 6.31. The Morgan fingerprint density at radius 1 is 0.750 bits per heavy atom. The summed E-state index contributed by atoms with van der Waals surface area (Å²) in [5.41, 5.74) is 3.36. The number of benzene rings is 2. The van der Waals surface area contributed by atoms with Crippen molar-refractivity contribution in [2.45, 2.75) is 13.5 Å². The van der Waals surface area contributed by atoms with Crippen LogP contribution >= 0.6 is 0 Å². The summed E-state index contributed by atoms with van der Waals surface area (Å²) < 4.78 is 12.3. The molecule has 0 aliphatic rings.